The van der Waals surface area contributed by atoms with E-state index >= 15 is 0 Å². The van der Waals surface area contributed by atoms with Gasteiger partial charge in [-0.1, -0.05) is 19.1 Å². The van der Waals surface area contributed by atoms with Gasteiger partial charge in [-0.2, -0.15) is 13.1 Å². The molecular formula is C10H17N3O2S. The van der Waals surface area contributed by atoms with Crippen LogP contribution >= 0.6 is 0 Å². The number of para-hydroxylation sites is 2. The molecule has 1 aromatic rings. The van der Waals surface area contributed by atoms with Crippen molar-refractivity contribution in [3.05, 3.63) is 24.3 Å². The maximum Gasteiger partial charge on any atom is 0.301 e. The molecule has 1 rings (SSSR count). The number of nitrogens with zero attached hydrogens (tertiary/aromatic N) is 1. The Morgan fingerprint density at radius 3 is 2.44 bits per heavy atom. The first kappa shape index (κ1) is 12.8. The highest BCUT2D eigenvalue weighted by Gasteiger charge is 2.20. The summed E-state index contributed by atoms with van der Waals surface area (Å²) in [5, 5.41) is 0. The zero-order chi connectivity index (χ0) is 12.2. The molecule has 0 aliphatic heterocycles. The van der Waals surface area contributed by atoms with E-state index in [1.165, 1.54) is 4.31 Å². The molecule has 0 atom stereocenters. The minimum atomic E-state index is -3.49. The molecule has 0 radical (unpaired) electrons. The van der Waals surface area contributed by atoms with Crippen LogP contribution in [0, 0.1) is 0 Å². The predicted octanol–water partition coefficient (Wildman–Crippen LogP) is 0.949. The second-order valence-electron chi connectivity index (χ2n) is 3.23. The fourth-order valence-electron chi connectivity index (χ4n) is 1.44. The summed E-state index contributed by atoms with van der Waals surface area (Å²) in [6.45, 7) is 4.19. The van der Waals surface area contributed by atoms with Gasteiger partial charge in [0.2, 0.25) is 0 Å². The van der Waals surface area contributed by atoms with Crippen molar-refractivity contribution in [2.75, 3.05) is 23.1 Å². The number of hydrogen-bond acceptors (Lipinski definition) is 3. The third-order valence-electron chi connectivity index (χ3n) is 2.11. The Kier molecular flexibility index (Phi) is 4.14. The van der Waals surface area contributed by atoms with Gasteiger partial charge < -0.3 is 5.73 Å². The molecule has 0 spiro atoms. The van der Waals surface area contributed by atoms with E-state index in [1.54, 1.807) is 38.1 Å². The summed E-state index contributed by atoms with van der Waals surface area (Å²) in [5.41, 5.74) is 6.71. The van der Waals surface area contributed by atoms with Gasteiger partial charge in [-0.3, -0.25) is 4.31 Å². The molecule has 0 bridgehead atoms. The monoisotopic (exact) mass is 243 g/mol. The van der Waals surface area contributed by atoms with Crippen LogP contribution < -0.4 is 14.8 Å². The van der Waals surface area contributed by atoms with Gasteiger partial charge in [0, 0.05) is 13.1 Å². The van der Waals surface area contributed by atoms with Crippen LogP contribution in [0.3, 0.4) is 0 Å². The van der Waals surface area contributed by atoms with E-state index < -0.39 is 10.2 Å². The zero-order valence-electron chi connectivity index (χ0n) is 9.47. The fraction of sp³-hybridized carbons (Fsp3) is 0.400. The Balaban J connectivity index is 3.14. The smallest absolute Gasteiger partial charge is 0.301 e. The van der Waals surface area contributed by atoms with Crippen molar-refractivity contribution in [2.45, 2.75) is 13.8 Å². The topological polar surface area (TPSA) is 75.4 Å². The van der Waals surface area contributed by atoms with Gasteiger partial charge in [-0.25, -0.2) is 0 Å². The lowest BCUT2D eigenvalue weighted by molar-refractivity contribution is 0.579. The molecule has 5 nitrogen and oxygen atoms in total. The molecule has 0 saturated carbocycles. The number of rotatable bonds is 5. The van der Waals surface area contributed by atoms with Gasteiger partial charge >= 0.3 is 10.2 Å². The number of benzene rings is 1. The molecule has 16 heavy (non-hydrogen) atoms. The first-order valence-electron chi connectivity index (χ1n) is 5.14. The maximum absolute atomic E-state index is 11.9. The molecule has 6 heteroatoms. The second-order valence-corrected chi connectivity index (χ2v) is 4.91. The van der Waals surface area contributed by atoms with Crippen LogP contribution in [0.25, 0.3) is 0 Å². The molecule has 0 aliphatic carbocycles. The normalized spacial score (nSPS) is 11.4. The molecule has 0 unspecified atom stereocenters. The number of nitrogen functional groups attached to an aromatic ring is 1. The van der Waals surface area contributed by atoms with Crippen LogP contribution in [0.15, 0.2) is 24.3 Å². The Morgan fingerprint density at radius 1 is 1.31 bits per heavy atom. The van der Waals surface area contributed by atoms with Crippen LogP contribution in [0.5, 0.6) is 0 Å². The van der Waals surface area contributed by atoms with E-state index in [0.29, 0.717) is 24.5 Å². The minimum absolute atomic E-state index is 0.337. The van der Waals surface area contributed by atoms with Crippen molar-refractivity contribution >= 4 is 21.6 Å². The fourth-order valence-corrected chi connectivity index (χ4v) is 2.73. The highest BCUT2D eigenvalue weighted by molar-refractivity contribution is 7.90. The van der Waals surface area contributed by atoms with Crippen molar-refractivity contribution in [1.29, 1.82) is 0 Å². The molecule has 90 valence electrons. The number of anilines is 2. The molecule has 0 heterocycles. The largest absolute Gasteiger partial charge is 0.397 e. The van der Waals surface area contributed by atoms with Crippen LogP contribution in [-0.2, 0) is 10.2 Å². The van der Waals surface area contributed by atoms with Gasteiger partial charge in [-0.15, -0.1) is 0 Å². The first-order chi connectivity index (χ1) is 7.53. The van der Waals surface area contributed by atoms with Gasteiger partial charge in [0.15, 0.2) is 0 Å². The van der Waals surface area contributed by atoms with Crippen LogP contribution in [0.2, 0.25) is 0 Å². The Morgan fingerprint density at radius 2 is 1.94 bits per heavy atom. The summed E-state index contributed by atoms with van der Waals surface area (Å²) < 4.78 is 27.4. The van der Waals surface area contributed by atoms with Gasteiger partial charge in [0.1, 0.15) is 0 Å². The molecule has 0 amide bonds. The molecule has 0 fully saturated rings. The second kappa shape index (κ2) is 5.18. The van der Waals surface area contributed by atoms with Crippen molar-refractivity contribution in [2.24, 2.45) is 0 Å². The summed E-state index contributed by atoms with van der Waals surface area (Å²) >= 11 is 0. The lowest BCUT2D eigenvalue weighted by Gasteiger charge is -2.23. The number of hydrogen-bond donors (Lipinski definition) is 2. The van der Waals surface area contributed by atoms with E-state index in [2.05, 4.69) is 4.72 Å². The van der Waals surface area contributed by atoms with Gasteiger partial charge in [0.25, 0.3) is 0 Å². The lowest BCUT2D eigenvalue weighted by atomic mass is 10.3. The lowest BCUT2D eigenvalue weighted by Crippen LogP contribution is -2.40. The quantitative estimate of drug-likeness (QED) is 0.756. The molecule has 1 aromatic carbocycles. The van der Waals surface area contributed by atoms with Crippen LogP contribution in [0.4, 0.5) is 11.4 Å². The number of nitrogens with two attached hydrogens (primary N) is 1. The molecule has 3 N–H and O–H groups in total. The van der Waals surface area contributed by atoms with Gasteiger partial charge in [0.05, 0.1) is 11.4 Å². The molecule has 0 aliphatic rings. The van der Waals surface area contributed by atoms with E-state index in [0.717, 1.165) is 0 Å². The van der Waals surface area contributed by atoms with E-state index in [4.69, 9.17) is 5.73 Å². The van der Waals surface area contributed by atoms with E-state index in [-0.39, 0.29) is 0 Å². The van der Waals surface area contributed by atoms with Crippen LogP contribution in [-0.4, -0.2) is 21.5 Å². The minimum Gasteiger partial charge on any atom is -0.397 e. The molecule has 0 saturated heterocycles. The Labute approximate surface area is 96.4 Å². The third-order valence-corrected chi connectivity index (χ3v) is 3.80. The summed E-state index contributed by atoms with van der Waals surface area (Å²) in [6, 6.07) is 6.90. The Bertz CT molecular complexity index is 445. The first-order valence-corrected chi connectivity index (χ1v) is 6.58. The average Bonchev–Trinajstić information content (AvgIpc) is 2.21. The third kappa shape index (κ3) is 2.65. The van der Waals surface area contributed by atoms with Crippen molar-refractivity contribution < 1.29 is 8.42 Å². The molecular weight excluding hydrogens is 226 g/mol. The van der Waals surface area contributed by atoms with Crippen molar-refractivity contribution in [1.82, 2.24) is 4.72 Å². The van der Waals surface area contributed by atoms with Gasteiger partial charge in [-0.05, 0) is 19.1 Å². The average molecular weight is 243 g/mol. The summed E-state index contributed by atoms with van der Waals surface area (Å²) in [7, 11) is -3.49. The Hall–Kier alpha value is -1.27. The van der Waals surface area contributed by atoms with Crippen LogP contribution in [0.1, 0.15) is 13.8 Å². The SMILES string of the molecule is CCNS(=O)(=O)N(CC)c1ccccc1N. The zero-order valence-corrected chi connectivity index (χ0v) is 10.3. The number of nitrogens with one attached hydrogen (secondary N) is 1. The molecule has 0 aromatic heterocycles. The van der Waals surface area contributed by atoms with E-state index in [1.807, 2.05) is 0 Å². The standard InChI is InChI=1S/C10H17N3O2S/c1-3-12-16(14,15)13(4-2)10-8-6-5-7-9(10)11/h5-8,12H,3-4,11H2,1-2H3. The van der Waals surface area contributed by atoms with E-state index in [9.17, 15) is 8.42 Å². The summed E-state index contributed by atoms with van der Waals surface area (Å²) in [5.74, 6) is 0. The highest BCUT2D eigenvalue weighted by atomic mass is 32.2. The maximum atomic E-state index is 11.9. The predicted molar refractivity (Wildman–Crippen MR) is 66.5 cm³/mol. The summed E-state index contributed by atoms with van der Waals surface area (Å²) in [4.78, 5) is 0. The summed E-state index contributed by atoms with van der Waals surface area (Å²) in [6.07, 6.45) is 0. The van der Waals surface area contributed by atoms with Crippen molar-refractivity contribution in [3.8, 4) is 0 Å². The highest BCUT2D eigenvalue weighted by Crippen LogP contribution is 2.24. The van der Waals surface area contributed by atoms with Crippen molar-refractivity contribution in [3.63, 3.8) is 0 Å².